The van der Waals surface area contributed by atoms with Crippen LogP contribution in [0.2, 0.25) is 0 Å². The summed E-state index contributed by atoms with van der Waals surface area (Å²) >= 11 is 1.64. The highest BCUT2D eigenvalue weighted by Crippen LogP contribution is 2.38. The Balaban J connectivity index is 1.35. The Hall–Kier alpha value is -3.33. The second kappa shape index (κ2) is 9.86. The summed E-state index contributed by atoms with van der Waals surface area (Å²) in [6, 6.07) is 9.56. The first-order chi connectivity index (χ1) is 15.5. The predicted octanol–water partition coefficient (Wildman–Crippen LogP) is 5.93. The van der Waals surface area contributed by atoms with Crippen LogP contribution < -0.4 is 10.6 Å². The molecule has 0 spiro atoms. The zero-order valence-electron chi connectivity index (χ0n) is 17.0. The van der Waals surface area contributed by atoms with Crippen molar-refractivity contribution in [2.24, 2.45) is 0 Å². The minimum Gasteiger partial charge on any atom is -0.465 e. The number of urea groups is 1. The first-order valence-electron chi connectivity index (χ1n) is 10.2. The van der Waals surface area contributed by atoms with Crippen LogP contribution in [0.4, 0.5) is 25.0 Å². The molecule has 166 valence electrons. The summed E-state index contributed by atoms with van der Waals surface area (Å²) in [6.07, 6.45) is 5.45. The zero-order valence-corrected chi connectivity index (χ0v) is 17.8. The van der Waals surface area contributed by atoms with E-state index in [9.17, 15) is 18.4 Å². The first kappa shape index (κ1) is 21.9. The summed E-state index contributed by atoms with van der Waals surface area (Å²) < 4.78 is 31.7. The highest BCUT2D eigenvalue weighted by atomic mass is 32.1. The number of benzene rings is 2. The molecule has 2 amide bonds. The number of nitrogens with one attached hydrogen (secondary N) is 2. The minimum atomic E-state index is -0.846. The zero-order chi connectivity index (χ0) is 22.5. The fourth-order valence-corrected chi connectivity index (χ4v) is 4.82. The molecule has 0 unspecified atom stereocenters. The molecule has 4 rings (SSSR count). The van der Waals surface area contributed by atoms with Crippen molar-refractivity contribution in [1.82, 2.24) is 4.98 Å². The molecule has 32 heavy (non-hydrogen) atoms. The number of carbonyl (C=O) groups is 2. The number of hydrogen-bond donors (Lipinski definition) is 2. The smallest absolute Gasteiger partial charge is 0.323 e. The van der Waals surface area contributed by atoms with Crippen LogP contribution in [0.5, 0.6) is 0 Å². The van der Waals surface area contributed by atoms with E-state index in [0.717, 1.165) is 53.3 Å². The summed E-state index contributed by atoms with van der Waals surface area (Å²) in [5, 5.41) is 6.05. The number of halogens is 2. The molecular weight excluding hydrogens is 436 g/mol. The Bertz CT molecular complexity index is 1100. The predicted molar refractivity (Wildman–Crippen MR) is 119 cm³/mol. The lowest BCUT2D eigenvalue weighted by molar-refractivity contribution is -0.135. The van der Waals surface area contributed by atoms with Gasteiger partial charge in [-0.25, -0.2) is 18.6 Å². The van der Waals surface area contributed by atoms with E-state index in [1.54, 1.807) is 23.5 Å². The maximum atomic E-state index is 13.7. The van der Waals surface area contributed by atoms with Crippen LogP contribution in [0.15, 0.2) is 48.7 Å². The number of amides is 2. The average molecular weight is 458 g/mol. The van der Waals surface area contributed by atoms with E-state index in [1.807, 2.05) is 18.3 Å². The monoisotopic (exact) mass is 457 g/mol. The highest BCUT2D eigenvalue weighted by Gasteiger charge is 2.25. The van der Waals surface area contributed by atoms with E-state index in [2.05, 4.69) is 15.6 Å². The molecule has 0 aliphatic heterocycles. The number of rotatable bonds is 6. The van der Waals surface area contributed by atoms with Crippen molar-refractivity contribution < 1.29 is 23.1 Å². The van der Waals surface area contributed by atoms with Crippen molar-refractivity contribution in [3.63, 3.8) is 0 Å². The Kier molecular flexibility index (Phi) is 6.75. The van der Waals surface area contributed by atoms with Gasteiger partial charge in [-0.3, -0.25) is 4.79 Å². The Morgan fingerprint density at radius 1 is 1.06 bits per heavy atom. The van der Waals surface area contributed by atoms with Crippen molar-refractivity contribution in [3.8, 4) is 10.4 Å². The van der Waals surface area contributed by atoms with Crippen molar-refractivity contribution >= 4 is 35.2 Å². The van der Waals surface area contributed by atoms with Gasteiger partial charge in [-0.1, -0.05) is 12.1 Å². The van der Waals surface area contributed by atoms with E-state index < -0.39 is 17.7 Å². The van der Waals surface area contributed by atoms with E-state index in [-0.39, 0.29) is 11.8 Å². The molecule has 9 heteroatoms. The molecular formula is C23H21F2N3O3S. The summed E-state index contributed by atoms with van der Waals surface area (Å²) in [5.41, 5.74) is 1.40. The average Bonchev–Trinajstić information content (AvgIpc) is 3.27. The van der Waals surface area contributed by atoms with E-state index in [1.165, 1.54) is 0 Å². The second-order valence-corrected chi connectivity index (χ2v) is 8.61. The lowest BCUT2D eigenvalue weighted by atomic mass is 9.88. The number of anilines is 2. The maximum absolute atomic E-state index is 13.7. The van der Waals surface area contributed by atoms with Crippen LogP contribution in [-0.2, 0) is 9.53 Å². The Labute approximate surface area is 187 Å². The summed E-state index contributed by atoms with van der Waals surface area (Å²) in [5.74, 6) is -1.19. The van der Waals surface area contributed by atoms with Crippen LogP contribution >= 0.6 is 11.3 Å². The molecule has 3 aromatic rings. The lowest BCUT2D eigenvalue weighted by Crippen LogP contribution is -2.20. The molecule has 1 aliphatic carbocycles. The van der Waals surface area contributed by atoms with Gasteiger partial charge in [0.15, 0.2) is 0 Å². The van der Waals surface area contributed by atoms with Gasteiger partial charge in [-0.2, -0.15) is 0 Å². The van der Waals surface area contributed by atoms with Gasteiger partial charge in [0, 0.05) is 23.9 Å². The third-order valence-electron chi connectivity index (χ3n) is 5.40. The molecule has 1 fully saturated rings. The highest BCUT2D eigenvalue weighted by molar-refractivity contribution is 7.15. The molecule has 2 aromatic carbocycles. The van der Waals surface area contributed by atoms with E-state index in [0.29, 0.717) is 24.1 Å². The maximum Gasteiger partial charge on any atom is 0.323 e. The number of ether oxygens (including phenoxy) is 1. The van der Waals surface area contributed by atoms with Crippen molar-refractivity contribution in [3.05, 3.63) is 65.3 Å². The number of nitrogens with zero attached hydrogens (tertiary/aromatic N) is 1. The lowest BCUT2D eigenvalue weighted by Gasteiger charge is -2.25. The molecule has 1 aliphatic rings. The fraction of sp³-hybridized carbons (Fsp3) is 0.261. The SMILES string of the molecule is O=COC1CCC(c2ncc(-c3ccc(NC(=O)Nc4ccc(F)cc4F)cc3)s2)CC1. The number of carbonyl (C=O) groups excluding carboxylic acids is 2. The van der Waals surface area contributed by atoms with Gasteiger partial charge in [0.2, 0.25) is 0 Å². The van der Waals surface area contributed by atoms with Crippen LogP contribution in [0.25, 0.3) is 10.4 Å². The Morgan fingerprint density at radius 2 is 1.81 bits per heavy atom. The molecule has 0 saturated heterocycles. The number of aromatic nitrogens is 1. The topological polar surface area (TPSA) is 80.3 Å². The largest absolute Gasteiger partial charge is 0.465 e. The van der Waals surface area contributed by atoms with Gasteiger partial charge in [-0.15, -0.1) is 11.3 Å². The molecule has 1 saturated carbocycles. The molecule has 1 aromatic heterocycles. The van der Waals surface area contributed by atoms with Gasteiger partial charge in [-0.05, 0) is 55.5 Å². The molecule has 2 N–H and O–H groups in total. The Morgan fingerprint density at radius 3 is 2.50 bits per heavy atom. The van der Waals surface area contributed by atoms with Crippen molar-refractivity contribution in [2.45, 2.75) is 37.7 Å². The first-order valence-corrected chi connectivity index (χ1v) is 11.0. The van der Waals surface area contributed by atoms with Crippen molar-refractivity contribution in [2.75, 3.05) is 10.6 Å². The van der Waals surface area contributed by atoms with Gasteiger partial charge in [0.05, 0.1) is 15.6 Å². The summed E-state index contributed by atoms with van der Waals surface area (Å²) in [6.45, 7) is 0.524. The minimum absolute atomic E-state index is 0.0139. The molecule has 0 atom stereocenters. The number of hydrogen-bond acceptors (Lipinski definition) is 5. The van der Waals surface area contributed by atoms with Crippen LogP contribution in [0, 0.1) is 11.6 Å². The number of thiazole rings is 1. The third kappa shape index (κ3) is 5.28. The fourth-order valence-electron chi connectivity index (χ4n) is 3.73. The van der Waals surface area contributed by atoms with Gasteiger partial charge < -0.3 is 15.4 Å². The summed E-state index contributed by atoms with van der Waals surface area (Å²) in [4.78, 5) is 28.2. The molecule has 0 bridgehead atoms. The van der Waals surface area contributed by atoms with Gasteiger partial charge in [0.1, 0.15) is 17.7 Å². The summed E-state index contributed by atoms with van der Waals surface area (Å²) in [7, 11) is 0. The van der Waals surface area contributed by atoms with E-state index in [4.69, 9.17) is 4.74 Å². The standard InChI is InChI=1S/C23H21F2N3O3S/c24-16-5-10-20(19(25)11-16)28-23(30)27-17-6-1-14(2-7-17)21-12-26-22(32-21)15-3-8-18(9-4-15)31-13-29/h1-2,5-7,10-13,15,18H,3-4,8-9H2,(H2,27,28,30). The van der Waals surface area contributed by atoms with Gasteiger partial charge >= 0.3 is 6.03 Å². The second-order valence-electron chi connectivity index (χ2n) is 7.55. The molecule has 1 heterocycles. The van der Waals surface area contributed by atoms with Crippen molar-refractivity contribution in [1.29, 1.82) is 0 Å². The molecule has 0 radical (unpaired) electrons. The van der Waals surface area contributed by atoms with Crippen LogP contribution in [-0.4, -0.2) is 23.6 Å². The van der Waals surface area contributed by atoms with Crippen LogP contribution in [0.1, 0.15) is 36.6 Å². The quantitative estimate of drug-likeness (QED) is 0.450. The van der Waals surface area contributed by atoms with E-state index >= 15 is 0 Å². The molecule has 6 nitrogen and oxygen atoms in total. The van der Waals surface area contributed by atoms with Gasteiger partial charge in [0.25, 0.3) is 6.47 Å². The normalized spacial score (nSPS) is 18.1. The van der Waals surface area contributed by atoms with Crippen LogP contribution in [0.3, 0.4) is 0 Å². The third-order valence-corrected chi connectivity index (χ3v) is 6.61.